The second-order valence-corrected chi connectivity index (χ2v) is 5.80. The molecule has 1 aliphatic rings. The Morgan fingerprint density at radius 1 is 1.32 bits per heavy atom. The van der Waals surface area contributed by atoms with Gasteiger partial charge in [0, 0.05) is 31.4 Å². The fraction of sp³-hybridized carbons (Fsp3) is 0.733. The van der Waals surface area contributed by atoms with Crippen LogP contribution in [-0.4, -0.2) is 28.6 Å². The van der Waals surface area contributed by atoms with Crippen LogP contribution in [0.1, 0.15) is 52.1 Å². The summed E-state index contributed by atoms with van der Waals surface area (Å²) in [6, 6.07) is 1.05. The maximum Gasteiger partial charge on any atom is 0.147 e. The molecule has 1 atom stereocenters. The Labute approximate surface area is 116 Å². The van der Waals surface area contributed by atoms with Crippen molar-refractivity contribution >= 4 is 5.82 Å². The Morgan fingerprint density at radius 3 is 2.95 bits per heavy atom. The Balaban J connectivity index is 2.08. The van der Waals surface area contributed by atoms with Crippen LogP contribution in [0.4, 0.5) is 5.82 Å². The highest BCUT2D eigenvalue weighted by Crippen LogP contribution is 2.21. The fourth-order valence-electron chi connectivity index (χ4n) is 2.54. The van der Waals surface area contributed by atoms with E-state index in [0.29, 0.717) is 12.1 Å². The summed E-state index contributed by atoms with van der Waals surface area (Å²) < 4.78 is 0. The molecule has 0 aliphatic carbocycles. The topological polar surface area (TPSA) is 41.1 Å². The Morgan fingerprint density at radius 2 is 2.16 bits per heavy atom. The number of rotatable bonds is 4. The van der Waals surface area contributed by atoms with Crippen molar-refractivity contribution in [2.24, 2.45) is 0 Å². The SMILES string of the molecule is CC(C)NCc1cncc(N2CCCCCC2C)n1. The van der Waals surface area contributed by atoms with Gasteiger partial charge in [-0.3, -0.25) is 4.98 Å². The quantitative estimate of drug-likeness (QED) is 0.906. The van der Waals surface area contributed by atoms with Gasteiger partial charge in [0.25, 0.3) is 0 Å². The van der Waals surface area contributed by atoms with E-state index in [0.717, 1.165) is 24.6 Å². The van der Waals surface area contributed by atoms with Gasteiger partial charge in [0.15, 0.2) is 0 Å². The lowest BCUT2D eigenvalue weighted by molar-refractivity contribution is 0.575. The molecule has 1 saturated heterocycles. The first-order valence-electron chi connectivity index (χ1n) is 7.48. The minimum absolute atomic E-state index is 0.475. The van der Waals surface area contributed by atoms with Gasteiger partial charge in [0.1, 0.15) is 5.82 Å². The Bertz CT molecular complexity index is 391. The average molecular weight is 262 g/mol. The first kappa shape index (κ1) is 14.3. The van der Waals surface area contributed by atoms with Gasteiger partial charge >= 0.3 is 0 Å². The smallest absolute Gasteiger partial charge is 0.147 e. The zero-order chi connectivity index (χ0) is 13.7. The van der Waals surface area contributed by atoms with Gasteiger partial charge in [-0.2, -0.15) is 0 Å². The van der Waals surface area contributed by atoms with Crippen LogP contribution in [-0.2, 0) is 6.54 Å². The van der Waals surface area contributed by atoms with E-state index in [9.17, 15) is 0 Å². The maximum absolute atomic E-state index is 4.76. The molecule has 1 N–H and O–H groups in total. The zero-order valence-electron chi connectivity index (χ0n) is 12.4. The van der Waals surface area contributed by atoms with Crippen molar-refractivity contribution in [1.29, 1.82) is 0 Å². The number of nitrogens with one attached hydrogen (secondary N) is 1. The van der Waals surface area contributed by atoms with Crippen LogP contribution >= 0.6 is 0 Å². The summed E-state index contributed by atoms with van der Waals surface area (Å²) in [6.45, 7) is 8.49. The monoisotopic (exact) mass is 262 g/mol. The van der Waals surface area contributed by atoms with Gasteiger partial charge in [-0.1, -0.05) is 26.7 Å². The van der Waals surface area contributed by atoms with Crippen molar-refractivity contribution in [2.75, 3.05) is 11.4 Å². The molecule has 1 aliphatic heterocycles. The molecule has 4 heteroatoms. The summed E-state index contributed by atoms with van der Waals surface area (Å²) in [7, 11) is 0. The first-order valence-corrected chi connectivity index (χ1v) is 7.48. The second-order valence-electron chi connectivity index (χ2n) is 5.80. The van der Waals surface area contributed by atoms with E-state index >= 15 is 0 Å². The van der Waals surface area contributed by atoms with Crippen LogP contribution < -0.4 is 10.2 Å². The summed E-state index contributed by atoms with van der Waals surface area (Å²) in [6.07, 6.45) is 8.96. The molecule has 0 radical (unpaired) electrons. The largest absolute Gasteiger partial charge is 0.353 e. The number of aromatic nitrogens is 2. The van der Waals surface area contributed by atoms with E-state index in [4.69, 9.17) is 4.98 Å². The molecule has 0 spiro atoms. The normalized spacial score (nSPS) is 20.6. The number of hydrogen-bond acceptors (Lipinski definition) is 4. The molecule has 1 fully saturated rings. The third-order valence-corrected chi connectivity index (χ3v) is 3.71. The minimum atomic E-state index is 0.475. The third kappa shape index (κ3) is 4.16. The van der Waals surface area contributed by atoms with Crippen molar-refractivity contribution in [2.45, 2.75) is 65.1 Å². The first-order chi connectivity index (χ1) is 9.16. The van der Waals surface area contributed by atoms with Gasteiger partial charge in [0.2, 0.25) is 0 Å². The van der Waals surface area contributed by atoms with Gasteiger partial charge in [-0.25, -0.2) is 4.98 Å². The summed E-state index contributed by atoms with van der Waals surface area (Å²) in [4.78, 5) is 11.5. The lowest BCUT2D eigenvalue weighted by Crippen LogP contribution is -2.33. The molecule has 2 rings (SSSR count). The Kier molecular flexibility index (Phi) is 5.14. The number of nitrogens with zero attached hydrogens (tertiary/aromatic N) is 3. The predicted molar refractivity (Wildman–Crippen MR) is 79.3 cm³/mol. The van der Waals surface area contributed by atoms with Crippen LogP contribution in [0, 0.1) is 0 Å². The summed E-state index contributed by atoms with van der Waals surface area (Å²) in [5.74, 6) is 1.04. The number of anilines is 1. The minimum Gasteiger partial charge on any atom is -0.353 e. The van der Waals surface area contributed by atoms with E-state index < -0.39 is 0 Å². The van der Waals surface area contributed by atoms with Crippen molar-refractivity contribution in [1.82, 2.24) is 15.3 Å². The lowest BCUT2D eigenvalue weighted by atomic mass is 10.1. The van der Waals surface area contributed by atoms with Crippen molar-refractivity contribution < 1.29 is 0 Å². The predicted octanol–water partition coefficient (Wildman–Crippen LogP) is 2.74. The van der Waals surface area contributed by atoms with Crippen LogP contribution in [0.5, 0.6) is 0 Å². The van der Waals surface area contributed by atoms with E-state index in [-0.39, 0.29) is 0 Å². The van der Waals surface area contributed by atoms with Crippen molar-refractivity contribution in [3.63, 3.8) is 0 Å². The van der Waals surface area contributed by atoms with Crippen LogP contribution in [0.15, 0.2) is 12.4 Å². The van der Waals surface area contributed by atoms with Crippen molar-refractivity contribution in [3.05, 3.63) is 18.1 Å². The summed E-state index contributed by atoms with van der Waals surface area (Å²) in [5.41, 5.74) is 1.03. The Hall–Kier alpha value is -1.16. The van der Waals surface area contributed by atoms with Gasteiger partial charge in [-0.05, 0) is 19.8 Å². The van der Waals surface area contributed by atoms with Crippen LogP contribution in [0.2, 0.25) is 0 Å². The molecule has 2 heterocycles. The number of hydrogen-bond donors (Lipinski definition) is 1. The highest BCUT2D eigenvalue weighted by molar-refractivity contribution is 5.37. The average Bonchev–Trinajstić information content (AvgIpc) is 2.61. The molecule has 106 valence electrons. The molecular weight excluding hydrogens is 236 g/mol. The van der Waals surface area contributed by atoms with Crippen LogP contribution in [0.25, 0.3) is 0 Å². The molecule has 1 aromatic rings. The fourth-order valence-corrected chi connectivity index (χ4v) is 2.54. The molecule has 0 amide bonds. The lowest BCUT2D eigenvalue weighted by Gasteiger charge is -2.28. The summed E-state index contributed by atoms with van der Waals surface area (Å²) >= 11 is 0. The molecule has 19 heavy (non-hydrogen) atoms. The molecule has 0 aromatic carbocycles. The molecule has 0 bridgehead atoms. The molecular formula is C15H26N4. The van der Waals surface area contributed by atoms with Crippen molar-refractivity contribution in [3.8, 4) is 0 Å². The maximum atomic E-state index is 4.76. The second kappa shape index (κ2) is 6.85. The molecule has 4 nitrogen and oxygen atoms in total. The van der Waals surface area contributed by atoms with Gasteiger partial charge < -0.3 is 10.2 Å². The van der Waals surface area contributed by atoms with E-state index in [1.54, 1.807) is 0 Å². The van der Waals surface area contributed by atoms with E-state index in [2.05, 4.69) is 36.0 Å². The van der Waals surface area contributed by atoms with Gasteiger partial charge in [0.05, 0.1) is 11.9 Å². The summed E-state index contributed by atoms with van der Waals surface area (Å²) in [5, 5.41) is 3.39. The van der Waals surface area contributed by atoms with E-state index in [1.165, 1.54) is 25.7 Å². The highest BCUT2D eigenvalue weighted by Gasteiger charge is 2.18. The highest BCUT2D eigenvalue weighted by atomic mass is 15.2. The van der Waals surface area contributed by atoms with E-state index in [1.807, 2.05) is 12.4 Å². The standard InChI is InChI=1S/C15H26N4/c1-12(2)17-10-14-9-16-11-15(18-14)19-8-6-4-5-7-13(19)3/h9,11-13,17H,4-8,10H2,1-3H3. The molecule has 1 aromatic heterocycles. The molecule has 0 saturated carbocycles. The third-order valence-electron chi connectivity index (χ3n) is 3.71. The van der Waals surface area contributed by atoms with Crippen LogP contribution in [0.3, 0.4) is 0 Å². The molecule has 1 unspecified atom stereocenters. The van der Waals surface area contributed by atoms with Gasteiger partial charge in [-0.15, -0.1) is 0 Å². The zero-order valence-corrected chi connectivity index (χ0v) is 12.4.